The molecule has 6 nitrogen and oxygen atoms in total. The summed E-state index contributed by atoms with van der Waals surface area (Å²) in [6.07, 6.45) is 4.71. The Kier molecular flexibility index (Phi) is 4.38. The molecule has 1 unspecified atom stereocenters. The average Bonchev–Trinajstić information content (AvgIpc) is 2.95. The Balaban J connectivity index is 2.05. The van der Waals surface area contributed by atoms with E-state index in [9.17, 15) is 9.00 Å². The van der Waals surface area contributed by atoms with Crippen molar-refractivity contribution >= 4 is 33.3 Å². The van der Waals surface area contributed by atoms with Crippen molar-refractivity contribution in [1.82, 2.24) is 14.5 Å². The molecule has 0 saturated heterocycles. The standard InChI is InChI=1S/C21H24N4O2S/c1-5-28(27)19-14(7-6-13-18(19)23-11-24-20(13)22)25-10-12(2)17-15(25)8-21(3,4)9-16(17)26/h6-7,10-11H,5,8-9H2,1-4H3,(H2,22,23,24). The van der Waals surface area contributed by atoms with Gasteiger partial charge in [-0.05, 0) is 36.5 Å². The van der Waals surface area contributed by atoms with Crippen LogP contribution in [0.4, 0.5) is 5.82 Å². The monoisotopic (exact) mass is 396 g/mol. The molecular weight excluding hydrogens is 372 g/mol. The first-order valence-electron chi connectivity index (χ1n) is 9.39. The lowest BCUT2D eigenvalue weighted by atomic mass is 9.75. The number of hydrogen-bond donors (Lipinski definition) is 1. The maximum absolute atomic E-state index is 13.0. The van der Waals surface area contributed by atoms with Crippen molar-refractivity contribution in [2.45, 2.75) is 45.4 Å². The number of ketones is 1. The van der Waals surface area contributed by atoms with Crippen molar-refractivity contribution in [2.75, 3.05) is 11.5 Å². The fourth-order valence-corrected chi connectivity index (χ4v) is 5.23. The SMILES string of the molecule is CCS(=O)c1c(-n2cc(C)c3c2CC(C)(C)CC3=O)ccc2c(N)ncnc12. The highest BCUT2D eigenvalue weighted by Crippen LogP contribution is 2.39. The molecule has 0 amide bonds. The lowest BCUT2D eigenvalue weighted by Gasteiger charge is -2.30. The number of carbonyl (C=O) groups excluding carboxylic acids is 1. The number of nitrogen functional groups attached to an aromatic ring is 1. The molecule has 1 aliphatic carbocycles. The fraction of sp³-hybridized carbons (Fsp3) is 0.381. The van der Waals surface area contributed by atoms with Gasteiger partial charge in [0.15, 0.2) is 5.78 Å². The third-order valence-corrected chi connectivity index (χ3v) is 6.76. The quantitative estimate of drug-likeness (QED) is 0.730. The van der Waals surface area contributed by atoms with Crippen molar-refractivity contribution < 1.29 is 9.00 Å². The summed E-state index contributed by atoms with van der Waals surface area (Å²) in [5, 5.41) is 0.692. The molecule has 0 fully saturated rings. The van der Waals surface area contributed by atoms with Crippen molar-refractivity contribution in [3.63, 3.8) is 0 Å². The summed E-state index contributed by atoms with van der Waals surface area (Å²) in [6, 6.07) is 3.78. The summed E-state index contributed by atoms with van der Waals surface area (Å²) in [7, 11) is -1.26. The molecule has 0 bridgehead atoms. The van der Waals surface area contributed by atoms with Gasteiger partial charge in [-0.1, -0.05) is 20.8 Å². The Morgan fingerprint density at radius 2 is 2.00 bits per heavy atom. The van der Waals surface area contributed by atoms with Crippen LogP contribution in [0.25, 0.3) is 16.6 Å². The minimum Gasteiger partial charge on any atom is -0.383 e. The lowest BCUT2D eigenvalue weighted by Crippen LogP contribution is -2.28. The van der Waals surface area contributed by atoms with E-state index in [1.807, 2.05) is 36.7 Å². The smallest absolute Gasteiger partial charge is 0.165 e. The van der Waals surface area contributed by atoms with E-state index in [0.717, 1.165) is 28.9 Å². The normalized spacial score (nSPS) is 16.9. The zero-order valence-corrected chi connectivity index (χ0v) is 17.4. The Hall–Kier alpha value is -2.54. The van der Waals surface area contributed by atoms with Gasteiger partial charge in [0.25, 0.3) is 0 Å². The third kappa shape index (κ3) is 2.85. The first-order chi connectivity index (χ1) is 13.2. The van der Waals surface area contributed by atoms with Crippen LogP contribution in [-0.2, 0) is 17.2 Å². The van der Waals surface area contributed by atoms with E-state index < -0.39 is 10.8 Å². The van der Waals surface area contributed by atoms with E-state index in [1.165, 1.54) is 6.33 Å². The lowest BCUT2D eigenvalue weighted by molar-refractivity contribution is 0.0910. The van der Waals surface area contributed by atoms with E-state index in [0.29, 0.717) is 33.8 Å². The third-order valence-electron chi connectivity index (χ3n) is 5.38. The van der Waals surface area contributed by atoms with Crippen molar-refractivity contribution in [3.05, 3.63) is 41.5 Å². The molecule has 0 radical (unpaired) electrons. The number of nitrogens with two attached hydrogens (primary N) is 1. The molecule has 28 heavy (non-hydrogen) atoms. The summed E-state index contributed by atoms with van der Waals surface area (Å²) < 4.78 is 15.1. The highest BCUT2D eigenvalue weighted by Gasteiger charge is 2.35. The number of benzene rings is 1. The van der Waals surface area contributed by atoms with Crippen LogP contribution < -0.4 is 5.73 Å². The molecule has 2 aromatic heterocycles. The number of rotatable bonds is 3. The van der Waals surface area contributed by atoms with Crippen LogP contribution in [0, 0.1) is 12.3 Å². The van der Waals surface area contributed by atoms with Gasteiger partial charge in [0.1, 0.15) is 12.1 Å². The van der Waals surface area contributed by atoms with Crippen molar-refractivity contribution in [3.8, 4) is 5.69 Å². The molecule has 2 heterocycles. The first-order valence-corrected chi connectivity index (χ1v) is 10.7. The number of fused-ring (bicyclic) bond motifs is 2. The average molecular weight is 397 g/mol. The predicted octanol–water partition coefficient (Wildman–Crippen LogP) is 3.59. The van der Waals surface area contributed by atoms with E-state index in [4.69, 9.17) is 5.73 Å². The predicted molar refractivity (Wildman–Crippen MR) is 111 cm³/mol. The van der Waals surface area contributed by atoms with Gasteiger partial charge < -0.3 is 10.3 Å². The Labute approximate surface area is 166 Å². The van der Waals surface area contributed by atoms with E-state index in [1.54, 1.807) is 0 Å². The van der Waals surface area contributed by atoms with Gasteiger partial charge in [0.05, 0.1) is 26.9 Å². The van der Waals surface area contributed by atoms with Crippen LogP contribution in [0.15, 0.2) is 29.6 Å². The maximum atomic E-state index is 13.0. The molecule has 2 N–H and O–H groups in total. The van der Waals surface area contributed by atoms with Crippen LogP contribution in [0.2, 0.25) is 0 Å². The molecule has 1 atom stereocenters. The van der Waals surface area contributed by atoms with Crippen LogP contribution in [-0.4, -0.2) is 30.3 Å². The zero-order valence-electron chi connectivity index (χ0n) is 16.6. The minimum absolute atomic E-state index is 0.111. The van der Waals surface area contributed by atoms with Crippen LogP contribution in [0.1, 0.15) is 48.8 Å². The second kappa shape index (κ2) is 6.51. The van der Waals surface area contributed by atoms with Gasteiger partial charge in [0.2, 0.25) is 0 Å². The molecule has 0 saturated carbocycles. The Morgan fingerprint density at radius 1 is 1.25 bits per heavy atom. The van der Waals surface area contributed by atoms with Gasteiger partial charge in [-0.25, -0.2) is 9.97 Å². The molecule has 146 valence electrons. The Bertz CT molecular complexity index is 1150. The topological polar surface area (TPSA) is 90.9 Å². The summed E-state index contributed by atoms with van der Waals surface area (Å²) >= 11 is 0. The number of hydrogen-bond acceptors (Lipinski definition) is 5. The molecular formula is C21H24N4O2S. The molecule has 4 rings (SSSR count). The van der Waals surface area contributed by atoms with Gasteiger partial charge in [-0.15, -0.1) is 0 Å². The van der Waals surface area contributed by atoms with Gasteiger partial charge >= 0.3 is 0 Å². The molecule has 0 spiro atoms. The van der Waals surface area contributed by atoms with Crippen LogP contribution in [0.5, 0.6) is 0 Å². The van der Waals surface area contributed by atoms with E-state index in [2.05, 4.69) is 23.8 Å². The highest BCUT2D eigenvalue weighted by atomic mass is 32.2. The minimum atomic E-state index is -1.26. The highest BCUT2D eigenvalue weighted by molar-refractivity contribution is 7.85. The number of anilines is 1. The van der Waals surface area contributed by atoms with Gasteiger partial charge in [-0.3, -0.25) is 9.00 Å². The summed E-state index contributed by atoms with van der Waals surface area (Å²) in [5.74, 6) is 1.00. The first kappa shape index (κ1) is 18.8. The van der Waals surface area contributed by atoms with Gasteiger partial charge in [0, 0.05) is 35.0 Å². The number of aromatic nitrogens is 3. The number of aryl methyl sites for hydroxylation is 1. The molecule has 0 aliphatic heterocycles. The summed E-state index contributed by atoms with van der Waals surface area (Å²) in [6.45, 7) is 8.06. The van der Waals surface area contributed by atoms with Gasteiger partial charge in [-0.2, -0.15) is 0 Å². The van der Waals surface area contributed by atoms with E-state index in [-0.39, 0.29) is 11.2 Å². The second-order valence-electron chi connectivity index (χ2n) is 8.15. The Morgan fingerprint density at radius 3 is 2.71 bits per heavy atom. The molecule has 3 aromatic rings. The molecule has 1 aromatic carbocycles. The maximum Gasteiger partial charge on any atom is 0.165 e. The summed E-state index contributed by atoms with van der Waals surface area (Å²) in [5.41, 5.74) is 10.0. The van der Waals surface area contributed by atoms with E-state index >= 15 is 0 Å². The van der Waals surface area contributed by atoms with Crippen molar-refractivity contribution in [2.24, 2.45) is 5.41 Å². The number of nitrogens with zero attached hydrogens (tertiary/aromatic N) is 3. The largest absolute Gasteiger partial charge is 0.383 e. The molecule has 7 heteroatoms. The van der Waals surface area contributed by atoms with Crippen LogP contribution >= 0.6 is 0 Å². The van der Waals surface area contributed by atoms with Crippen LogP contribution in [0.3, 0.4) is 0 Å². The molecule has 1 aliphatic rings. The zero-order chi connectivity index (χ0) is 20.2. The van der Waals surface area contributed by atoms with Crippen molar-refractivity contribution in [1.29, 1.82) is 0 Å². The number of carbonyl (C=O) groups is 1. The number of Topliss-reactive ketones (excluding diaryl/α,β-unsaturated/α-hetero) is 1. The fourth-order valence-electron chi connectivity index (χ4n) is 4.16. The second-order valence-corrected chi connectivity index (χ2v) is 9.82. The summed E-state index contributed by atoms with van der Waals surface area (Å²) in [4.78, 5) is 21.9.